The predicted molar refractivity (Wildman–Crippen MR) is 114 cm³/mol. The Hall–Kier alpha value is -1.18. The molecule has 2 heteroatoms. The van der Waals surface area contributed by atoms with Gasteiger partial charge in [0, 0.05) is 16.5 Å². The largest absolute Gasteiger partial charge is 0.508 e. The normalized spacial score (nSPS) is 49.1. The van der Waals surface area contributed by atoms with Gasteiger partial charge in [0.15, 0.2) is 0 Å². The van der Waals surface area contributed by atoms with Gasteiger partial charge in [-0.25, -0.2) is 0 Å². The van der Waals surface area contributed by atoms with Crippen LogP contribution in [0.15, 0.2) is 6.07 Å². The van der Waals surface area contributed by atoms with Crippen LogP contribution in [0.4, 0.5) is 0 Å². The fraction of sp³-hybridized carbons (Fsp3) is 0.778. The van der Waals surface area contributed by atoms with E-state index in [0.29, 0.717) is 11.5 Å². The zero-order chi connectivity index (χ0) is 19.5. The molecule has 0 radical (unpaired) electrons. The lowest BCUT2D eigenvalue weighted by atomic mass is 9.46. The lowest BCUT2D eigenvalue weighted by molar-refractivity contribution is -0.0106. The molecule has 29 heavy (non-hydrogen) atoms. The van der Waals surface area contributed by atoms with E-state index in [0.717, 1.165) is 46.6 Å². The number of phenols is 2. The molecule has 0 amide bonds. The Morgan fingerprint density at radius 3 is 1.45 bits per heavy atom. The van der Waals surface area contributed by atoms with Gasteiger partial charge >= 0.3 is 0 Å². The molecule has 1 aromatic rings. The van der Waals surface area contributed by atoms with Crippen LogP contribution in [0, 0.1) is 42.4 Å². The average Bonchev–Trinajstić information content (AvgIpc) is 2.62. The molecule has 8 bridgehead atoms. The molecule has 0 spiro atoms. The Bertz CT molecular complexity index is 810. The van der Waals surface area contributed by atoms with Gasteiger partial charge in [0.05, 0.1) is 0 Å². The lowest BCUT2D eigenvalue weighted by Crippen LogP contribution is -2.50. The number of rotatable bonds is 2. The molecule has 0 atom stereocenters. The van der Waals surface area contributed by atoms with Crippen molar-refractivity contribution in [1.82, 2.24) is 0 Å². The van der Waals surface area contributed by atoms with E-state index >= 15 is 0 Å². The van der Waals surface area contributed by atoms with Crippen molar-refractivity contribution >= 4 is 0 Å². The van der Waals surface area contributed by atoms with Crippen LogP contribution in [0.3, 0.4) is 0 Å². The molecule has 9 rings (SSSR count). The molecular weight excluding hydrogens is 356 g/mol. The molecule has 0 heterocycles. The Morgan fingerprint density at radius 2 is 1.03 bits per heavy atom. The highest BCUT2D eigenvalue weighted by Crippen LogP contribution is 2.66. The molecule has 0 aliphatic heterocycles. The number of hydrogen-bond donors (Lipinski definition) is 2. The van der Waals surface area contributed by atoms with E-state index in [9.17, 15) is 10.2 Å². The van der Waals surface area contributed by atoms with Crippen molar-refractivity contribution in [2.45, 2.75) is 94.8 Å². The molecule has 8 aliphatic rings. The van der Waals surface area contributed by atoms with Crippen molar-refractivity contribution in [2.24, 2.45) is 35.5 Å². The molecule has 1 aromatic carbocycles. The summed E-state index contributed by atoms with van der Waals surface area (Å²) < 4.78 is 0. The van der Waals surface area contributed by atoms with E-state index in [1.807, 2.05) is 6.07 Å². The van der Waals surface area contributed by atoms with Crippen LogP contribution >= 0.6 is 0 Å². The minimum absolute atomic E-state index is 0.138. The second-order valence-electron chi connectivity index (χ2n) is 12.7. The first-order valence-corrected chi connectivity index (χ1v) is 12.5. The van der Waals surface area contributed by atoms with Crippen molar-refractivity contribution in [3.63, 3.8) is 0 Å². The summed E-state index contributed by atoms with van der Waals surface area (Å²) in [5.74, 6) is 6.19. The van der Waals surface area contributed by atoms with Gasteiger partial charge in [0.2, 0.25) is 0 Å². The summed E-state index contributed by atoms with van der Waals surface area (Å²) in [6, 6.07) is 2.00. The predicted octanol–water partition coefficient (Wildman–Crippen LogP) is 6.34. The maximum Gasteiger partial charge on any atom is 0.123 e. The van der Waals surface area contributed by atoms with Crippen LogP contribution in [-0.4, -0.2) is 10.2 Å². The first-order valence-electron chi connectivity index (χ1n) is 12.5. The van der Waals surface area contributed by atoms with Crippen LogP contribution < -0.4 is 0 Å². The third-order valence-electron chi connectivity index (χ3n) is 10.7. The second-order valence-corrected chi connectivity index (χ2v) is 12.7. The minimum Gasteiger partial charge on any atom is -0.508 e. The van der Waals surface area contributed by atoms with Crippen LogP contribution in [0.5, 0.6) is 11.5 Å². The topological polar surface area (TPSA) is 40.5 Å². The number of phenolic OH excluding ortho intramolecular Hbond substituents is 2. The molecule has 0 unspecified atom stereocenters. The highest BCUT2D eigenvalue weighted by atomic mass is 16.3. The van der Waals surface area contributed by atoms with E-state index in [1.165, 1.54) is 82.6 Å². The van der Waals surface area contributed by atoms with Gasteiger partial charge in [-0.1, -0.05) is 0 Å². The summed E-state index contributed by atoms with van der Waals surface area (Å²) in [6.07, 6.45) is 16.0. The average molecular weight is 393 g/mol. The van der Waals surface area contributed by atoms with Crippen LogP contribution in [0.25, 0.3) is 0 Å². The molecule has 2 N–H and O–H groups in total. The second kappa shape index (κ2) is 5.54. The first-order chi connectivity index (χ1) is 13.9. The maximum absolute atomic E-state index is 11.9. The van der Waals surface area contributed by atoms with Crippen molar-refractivity contribution in [2.75, 3.05) is 0 Å². The summed E-state index contributed by atoms with van der Waals surface area (Å²) >= 11 is 0. The highest BCUT2D eigenvalue weighted by Gasteiger charge is 2.56. The fourth-order valence-electron chi connectivity index (χ4n) is 10.7. The van der Waals surface area contributed by atoms with Crippen molar-refractivity contribution < 1.29 is 10.2 Å². The molecule has 0 saturated heterocycles. The minimum atomic E-state index is 0.138. The summed E-state index contributed by atoms with van der Waals surface area (Å²) in [5.41, 5.74) is 3.59. The van der Waals surface area contributed by atoms with Gasteiger partial charge in [-0.15, -0.1) is 0 Å². The SMILES string of the molecule is Cc1c(O)cc(C23CC4CC(CC(C4)C2)C3)c(O)c1C12CC3CC(CC(C3)C1)C2. The standard InChI is InChI=1S/C27H36O2/c1-15-23(28)8-22(26-9-16-2-17(10-26)4-18(3-16)11-26)25(29)24(15)27-12-19-5-20(13-27)7-21(6-19)14-27/h8,16-21,28-29H,2-7,9-14H2,1H3. The number of benzene rings is 1. The number of aromatic hydroxyl groups is 2. The van der Waals surface area contributed by atoms with Crippen LogP contribution in [0.1, 0.15) is 93.7 Å². The summed E-state index contributed by atoms with van der Waals surface area (Å²) in [4.78, 5) is 0. The van der Waals surface area contributed by atoms with Crippen molar-refractivity contribution in [1.29, 1.82) is 0 Å². The lowest BCUT2D eigenvalue weighted by Gasteiger charge is -2.59. The van der Waals surface area contributed by atoms with Gasteiger partial charge in [-0.05, 0) is 137 Å². The Kier molecular flexibility index (Phi) is 3.34. The maximum atomic E-state index is 11.9. The smallest absolute Gasteiger partial charge is 0.123 e. The van der Waals surface area contributed by atoms with Gasteiger partial charge in [-0.3, -0.25) is 0 Å². The zero-order valence-corrected chi connectivity index (χ0v) is 17.9. The van der Waals surface area contributed by atoms with E-state index in [-0.39, 0.29) is 10.8 Å². The first kappa shape index (κ1) is 17.5. The highest BCUT2D eigenvalue weighted by molar-refractivity contribution is 5.58. The fourth-order valence-corrected chi connectivity index (χ4v) is 10.7. The summed E-state index contributed by atoms with van der Waals surface area (Å²) in [5, 5.41) is 23.0. The van der Waals surface area contributed by atoms with E-state index in [1.54, 1.807) is 0 Å². The molecule has 8 saturated carbocycles. The zero-order valence-electron chi connectivity index (χ0n) is 17.9. The summed E-state index contributed by atoms with van der Waals surface area (Å²) in [6.45, 7) is 2.08. The Balaban J connectivity index is 1.39. The number of hydrogen-bond acceptors (Lipinski definition) is 2. The van der Waals surface area contributed by atoms with Gasteiger partial charge in [-0.2, -0.15) is 0 Å². The molecule has 2 nitrogen and oxygen atoms in total. The molecule has 156 valence electrons. The quantitative estimate of drug-likeness (QED) is 0.576. The van der Waals surface area contributed by atoms with Gasteiger partial charge in [0.25, 0.3) is 0 Å². The van der Waals surface area contributed by atoms with E-state index < -0.39 is 0 Å². The molecular formula is C27H36O2. The van der Waals surface area contributed by atoms with Gasteiger partial charge in [0.1, 0.15) is 11.5 Å². The summed E-state index contributed by atoms with van der Waals surface area (Å²) in [7, 11) is 0. The van der Waals surface area contributed by atoms with E-state index in [4.69, 9.17) is 0 Å². The van der Waals surface area contributed by atoms with E-state index in [2.05, 4.69) is 6.92 Å². The van der Waals surface area contributed by atoms with Crippen molar-refractivity contribution in [3.05, 3.63) is 22.8 Å². The third kappa shape index (κ3) is 2.30. The van der Waals surface area contributed by atoms with Crippen LogP contribution in [-0.2, 0) is 10.8 Å². The van der Waals surface area contributed by atoms with Crippen molar-refractivity contribution in [3.8, 4) is 11.5 Å². The third-order valence-corrected chi connectivity index (χ3v) is 10.7. The monoisotopic (exact) mass is 392 g/mol. The molecule has 8 aliphatic carbocycles. The Morgan fingerprint density at radius 1 is 0.655 bits per heavy atom. The Labute approximate surface area is 175 Å². The van der Waals surface area contributed by atoms with Crippen LogP contribution in [0.2, 0.25) is 0 Å². The molecule has 8 fully saturated rings. The van der Waals surface area contributed by atoms with Gasteiger partial charge < -0.3 is 10.2 Å². The molecule has 0 aromatic heterocycles.